The van der Waals surface area contributed by atoms with Crippen molar-refractivity contribution in [2.75, 3.05) is 5.73 Å². The van der Waals surface area contributed by atoms with Crippen LogP contribution in [0.15, 0.2) is 27.5 Å². The van der Waals surface area contributed by atoms with Crippen molar-refractivity contribution in [1.29, 1.82) is 0 Å². The van der Waals surface area contributed by atoms with Crippen LogP contribution in [0.3, 0.4) is 0 Å². The van der Waals surface area contributed by atoms with Crippen molar-refractivity contribution in [1.82, 2.24) is 19.9 Å². The number of furan rings is 1. The Morgan fingerprint density at radius 1 is 1.31 bits per heavy atom. The molecule has 7 heteroatoms. The monoisotopic (exact) mass is 279 g/mol. The van der Waals surface area contributed by atoms with Crippen LogP contribution in [0.2, 0.25) is 0 Å². The Balaban J connectivity index is 2.22. The van der Waals surface area contributed by atoms with E-state index in [9.17, 15) is 0 Å². The summed E-state index contributed by atoms with van der Waals surface area (Å²) in [4.78, 5) is 15.2. The normalized spacial score (nSPS) is 11.1. The molecule has 0 fully saturated rings. The van der Waals surface area contributed by atoms with E-state index < -0.39 is 0 Å². The summed E-state index contributed by atoms with van der Waals surface area (Å²) in [5, 5.41) is 0. The molecular formula is C9H6BrN5O. The van der Waals surface area contributed by atoms with E-state index in [1.165, 1.54) is 6.33 Å². The van der Waals surface area contributed by atoms with Gasteiger partial charge < -0.3 is 15.1 Å². The Labute approximate surface area is 98.0 Å². The van der Waals surface area contributed by atoms with Crippen molar-refractivity contribution in [2.45, 2.75) is 0 Å². The number of nitrogen functional groups attached to an aromatic ring is 1. The Morgan fingerprint density at radius 2 is 2.19 bits per heavy atom. The average molecular weight is 280 g/mol. The molecule has 3 rings (SSSR count). The molecule has 0 aromatic carbocycles. The molecule has 0 atom stereocenters. The first kappa shape index (κ1) is 9.34. The molecule has 6 nitrogen and oxygen atoms in total. The number of imidazole rings is 1. The van der Waals surface area contributed by atoms with Crippen LogP contribution in [0.4, 0.5) is 5.82 Å². The maximum absolute atomic E-state index is 5.69. The first-order valence-corrected chi connectivity index (χ1v) is 5.25. The van der Waals surface area contributed by atoms with Gasteiger partial charge in [0.25, 0.3) is 0 Å². The topological polar surface area (TPSA) is 93.6 Å². The highest BCUT2D eigenvalue weighted by molar-refractivity contribution is 9.10. The van der Waals surface area contributed by atoms with E-state index >= 15 is 0 Å². The summed E-state index contributed by atoms with van der Waals surface area (Å²) in [5.74, 6) is 1.56. The molecule has 0 radical (unpaired) electrons. The Morgan fingerprint density at radius 3 is 2.88 bits per heavy atom. The van der Waals surface area contributed by atoms with Crippen molar-refractivity contribution in [3.05, 3.63) is 23.1 Å². The summed E-state index contributed by atoms with van der Waals surface area (Å²) in [5.41, 5.74) is 6.83. The second-order valence-electron chi connectivity index (χ2n) is 3.15. The second-order valence-corrected chi connectivity index (χ2v) is 3.93. The fourth-order valence-corrected chi connectivity index (χ4v) is 1.71. The maximum Gasteiger partial charge on any atom is 0.183 e. The third-order valence-electron chi connectivity index (χ3n) is 2.12. The zero-order valence-electron chi connectivity index (χ0n) is 7.94. The van der Waals surface area contributed by atoms with Crippen molar-refractivity contribution >= 4 is 32.9 Å². The molecule has 3 N–H and O–H groups in total. The lowest BCUT2D eigenvalue weighted by Crippen LogP contribution is -1.91. The van der Waals surface area contributed by atoms with E-state index in [1.807, 2.05) is 0 Å². The number of aromatic nitrogens is 4. The van der Waals surface area contributed by atoms with Gasteiger partial charge >= 0.3 is 0 Å². The van der Waals surface area contributed by atoms with Crippen LogP contribution in [0.1, 0.15) is 0 Å². The maximum atomic E-state index is 5.69. The average Bonchev–Trinajstić information content (AvgIpc) is 2.84. The van der Waals surface area contributed by atoms with Crippen LogP contribution in [0.5, 0.6) is 0 Å². The number of H-pyrrole nitrogens is 1. The van der Waals surface area contributed by atoms with Crippen molar-refractivity contribution in [3.63, 3.8) is 0 Å². The highest BCUT2D eigenvalue weighted by Gasteiger charge is 2.11. The summed E-state index contributed by atoms with van der Waals surface area (Å²) in [6.45, 7) is 0. The number of hydrogen-bond acceptors (Lipinski definition) is 5. The van der Waals surface area contributed by atoms with Gasteiger partial charge in [-0.05, 0) is 28.1 Å². The third kappa shape index (κ3) is 1.36. The van der Waals surface area contributed by atoms with Gasteiger partial charge in [0.05, 0.1) is 0 Å². The van der Waals surface area contributed by atoms with E-state index in [4.69, 9.17) is 10.2 Å². The predicted octanol–water partition coefficient (Wildman–Crippen LogP) is 1.96. The molecule has 16 heavy (non-hydrogen) atoms. The van der Waals surface area contributed by atoms with E-state index in [-0.39, 0.29) is 0 Å². The second kappa shape index (κ2) is 3.31. The molecule has 0 saturated carbocycles. The zero-order valence-corrected chi connectivity index (χ0v) is 9.52. The van der Waals surface area contributed by atoms with Crippen LogP contribution in [0.25, 0.3) is 22.7 Å². The quantitative estimate of drug-likeness (QED) is 0.710. The standard InChI is InChI=1S/C9H6BrN5O/c10-5-2-1-4(16-5)8-14-6-7(11)12-3-13-9(6)15-8/h1-3H,(H3,11,12,13,14,15). The van der Waals surface area contributed by atoms with Gasteiger partial charge in [-0.15, -0.1) is 0 Å². The van der Waals surface area contributed by atoms with Crippen LogP contribution >= 0.6 is 15.9 Å². The minimum absolute atomic E-state index is 0.370. The van der Waals surface area contributed by atoms with E-state index in [0.717, 1.165) is 0 Å². The molecule has 0 spiro atoms. The van der Waals surface area contributed by atoms with Gasteiger partial charge in [-0.1, -0.05) is 0 Å². The molecule has 3 aromatic heterocycles. The fourth-order valence-electron chi connectivity index (χ4n) is 1.40. The number of fused-ring (bicyclic) bond motifs is 1. The van der Waals surface area contributed by atoms with E-state index in [0.29, 0.717) is 33.2 Å². The molecule has 0 aliphatic rings. The molecule has 0 amide bonds. The summed E-state index contributed by atoms with van der Waals surface area (Å²) in [6.07, 6.45) is 1.38. The third-order valence-corrected chi connectivity index (χ3v) is 2.55. The minimum Gasteiger partial charge on any atom is -0.446 e. The van der Waals surface area contributed by atoms with E-state index in [2.05, 4.69) is 35.9 Å². The fraction of sp³-hybridized carbons (Fsp3) is 0. The molecule has 80 valence electrons. The molecule has 0 aliphatic heterocycles. The molecule has 0 bridgehead atoms. The van der Waals surface area contributed by atoms with Gasteiger partial charge in [-0.2, -0.15) is 0 Å². The summed E-state index contributed by atoms with van der Waals surface area (Å²) >= 11 is 3.23. The van der Waals surface area contributed by atoms with Crippen molar-refractivity contribution in [2.24, 2.45) is 0 Å². The highest BCUT2D eigenvalue weighted by Crippen LogP contribution is 2.25. The zero-order chi connectivity index (χ0) is 11.1. The molecular weight excluding hydrogens is 274 g/mol. The molecule has 0 unspecified atom stereocenters. The molecule has 0 aliphatic carbocycles. The van der Waals surface area contributed by atoms with E-state index in [1.54, 1.807) is 12.1 Å². The van der Waals surface area contributed by atoms with Crippen LogP contribution in [-0.2, 0) is 0 Å². The van der Waals surface area contributed by atoms with Gasteiger partial charge in [-0.25, -0.2) is 15.0 Å². The highest BCUT2D eigenvalue weighted by atomic mass is 79.9. The van der Waals surface area contributed by atoms with Gasteiger partial charge in [0.15, 0.2) is 27.7 Å². The lowest BCUT2D eigenvalue weighted by Gasteiger charge is -1.90. The number of aromatic amines is 1. The van der Waals surface area contributed by atoms with Gasteiger partial charge in [0.2, 0.25) is 0 Å². The SMILES string of the molecule is Nc1ncnc2nc(-c3ccc(Br)o3)[nH]c12. The Hall–Kier alpha value is -1.89. The lowest BCUT2D eigenvalue weighted by atomic mass is 10.4. The molecule has 3 aromatic rings. The number of anilines is 1. The van der Waals surface area contributed by atoms with Gasteiger partial charge in [-0.3, -0.25) is 0 Å². The van der Waals surface area contributed by atoms with Crippen LogP contribution < -0.4 is 5.73 Å². The smallest absolute Gasteiger partial charge is 0.183 e. The number of nitrogens with two attached hydrogens (primary N) is 1. The first-order chi connectivity index (χ1) is 7.74. The Kier molecular flexibility index (Phi) is 1.93. The first-order valence-electron chi connectivity index (χ1n) is 4.46. The number of halogens is 1. The van der Waals surface area contributed by atoms with Crippen molar-refractivity contribution in [3.8, 4) is 11.6 Å². The van der Waals surface area contributed by atoms with Crippen LogP contribution in [-0.4, -0.2) is 19.9 Å². The molecule has 0 saturated heterocycles. The number of hydrogen-bond donors (Lipinski definition) is 2. The summed E-state index contributed by atoms with van der Waals surface area (Å²) in [7, 11) is 0. The largest absolute Gasteiger partial charge is 0.446 e. The summed E-state index contributed by atoms with van der Waals surface area (Å²) < 4.78 is 6.01. The van der Waals surface area contributed by atoms with Gasteiger partial charge in [0.1, 0.15) is 11.8 Å². The summed E-state index contributed by atoms with van der Waals surface area (Å²) in [6, 6.07) is 3.59. The van der Waals surface area contributed by atoms with Gasteiger partial charge in [0, 0.05) is 0 Å². The number of nitrogens with zero attached hydrogens (tertiary/aromatic N) is 3. The number of nitrogens with one attached hydrogen (secondary N) is 1. The Bertz CT molecular complexity index is 659. The molecule has 3 heterocycles. The number of rotatable bonds is 1. The minimum atomic E-state index is 0.370. The lowest BCUT2D eigenvalue weighted by molar-refractivity contribution is 0.552. The van der Waals surface area contributed by atoms with Crippen molar-refractivity contribution < 1.29 is 4.42 Å². The van der Waals surface area contributed by atoms with Crippen LogP contribution in [0, 0.1) is 0 Å². The predicted molar refractivity (Wildman–Crippen MR) is 61.5 cm³/mol.